The van der Waals surface area contributed by atoms with Gasteiger partial charge >= 0.3 is 0 Å². The molecule has 4 rings (SSSR count). The van der Waals surface area contributed by atoms with Gasteiger partial charge in [-0.25, -0.2) is 4.98 Å². The van der Waals surface area contributed by atoms with Crippen LogP contribution in [0.4, 0.5) is 0 Å². The van der Waals surface area contributed by atoms with Gasteiger partial charge in [-0.1, -0.05) is 70.5 Å². The summed E-state index contributed by atoms with van der Waals surface area (Å²) in [4.78, 5) is 4.91. The number of hydrogen-bond donors (Lipinski definition) is 0. The van der Waals surface area contributed by atoms with Crippen molar-refractivity contribution in [2.75, 3.05) is 0 Å². The molecule has 0 N–H and O–H groups in total. The average Bonchev–Trinajstić information content (AvgIpc) is 3.01. The van der Waals surface area contributed by atoms with Gasteiger partial charge < -0.3 is 4.57 Å². The molecule has 0 radical (unpaired) electrons. The number of halogens is 1. The van der Waals surface area contributed by atoms with Gasteiger partial charge in [-0.2, -0.15) is 0 Å². The van der Waals surface area contributed by atoms with Crippen molar-refractivity contribution in [3.8, 4) is 11.4 Å². The Kier molecular flexibility index (Phi) is 3.95. The molecule has 0 aliphatic carbocycles. The van der Waals surface area contributed by atoms with Crippen LogP contribution < -0.4 is 0 Å². The van der Waals surface area contributed by atoms with Crippen LogP contribution in [0.3, 0.4) is 0 Å². The quantitative estimate of drug-likeness (QED) is 0.423. The normalized spacial score (nSPS) is 12.4. The lowest BCUT2D eigenvalue weighted by Gasteiger charge is -2.18. The molecule has 3 aromatic carbocycles. The lowest BCUT2D eigenvalue weighted by molar-refractivity contribution is 0.665. The number of fused-ring (bicyclic) bond motifs is 1. The topological polar surface area (TPSA) is 17.8 Å². The predicted molar refractivity (Wildman–Crippen MR) is 103 cm³/mol. The van der Waals surface area contributed by atoms with Crippen LogP contribution in [-0.4, -0.2) is 9.55 Å². The molecule has 2 nitrogen and oxygen atoms in total. The molecule has 0 saturated heterocycles. The van der Waals surface area contributed by atoms with Crippen LogP contribution in [0.25, 0.3) is 22.4 Å². The summed E-state index contributed by atoms with van der Waals surface area (Å²) in [5.41, 5.74) is 4.57. The Hall–Kier alpha value is -2.39. The highest BCUT2D eigenvalue weighted by Gasteiger charge is 2.18. The molecule has 0 amide bonds. The second-order valence-corrected chi connectivity index (χ2v) is 6.81. The number of nitrogens with zero attached hydrogens (tertiary/aromatic N) is 2. The van der Waals surface area contributed by atoms with Crippen LogP contribution in [0.5, 0.6) is 0 Å². The van der Waals surface area contributed by atoms with Crippen molar-refractivity contribution in [3.05, 3.63) is 88.9 Å². The van der Waals surface area contributed by atoms with Gasteiger partial charge in [-0.15, -0.1) is 0 Å². The number of para-hydroxylation sites is 2. The van der Waals surface area contributed by atoms with Gasteiger partial charge in [0.15, 0.2) is 0 Å². The molecule has 3 heteroatoms. The van der Waals surface area contributed by atoms with Crippen LogP contribution in [0.15, 0.2) is 83.3 Å². The smallest absolute Gasteiger partial charge is 0.141 e. The van der Waals surface area contributed by atoms with Crippen molar-refractivity contribution in [1.29, 1.82) is 0 Å². The van der Waals surface area contributed by atoms with Gasteiger partial charge in [0.1, 0.15) is 5.82 Å². The van der Waals surface area contributed by atoms with Crippen molar-refractivity contribution in [3.63, 3.8) is 0 Å². The molecule has 0 saturated carbocycles. The van der Waals surface area contributed by atoms with E-state index in [9.17, 15) is 0 Å². The van der Waals surface area contributed by atoms with Gasteiger partial charge in [0.05, 0.1) is 17.1 Å². The fourth-order valence-corrected chi connectivity index (χ4v) is 3.55. The molecule has 0 aliphatic rings. The number of aromatic nitrogens is 2. The van der Waals surface area contributed by atoms with Crippen LogP contribution >= 0.6 is 15.9 Å². The Morgan fingerprint density at radius 2 is 1.62 bits per heavy atom. The molecule has 0 bridgehead atoms. The van der Waals surface area contributed by atoms with Crippen LogP contribution in [-0.2, 0) is 0 Å². The molecule has 4 aromatic rings. The van der Waals surface area contributed by atoms with E-state index < -0.39 is 0 Å². The zero-order valence-electron chi connectivity index (χ0n) is 13.4. The molecular weight excluding hydrogens is 360 g/mol. The van der Waals surface area contributed by atoms with Crippen molar-refractivity contribution >= 4 is 27.0 Å². The maximum atomic E-state index is 4.91. The van der Waals surface area contributed by atoms with E-state index in [-0.39, 0.29) is 6.04 Å². The monoisotopic (exact) mass is 376 g/mol. The van der Waals surface area contributed by atoms with Gasteiger partial charge in [0, 0.05) is 10.0 Å². The second kappa shape index (κ2) is 6.25. The number of benzene rings is 3. The zero-order valence-corrected chi connectivity index (χ0v) is 14.9. The summed E-state index contributed by atoms with van der Waals surface area (Å²) in [6.07, 6.45) is 0. The van der Waals surface area contributed by atoms with Gasteiger partial charge in [-0.3, -0.25) is 0 Å². The molecule has 1 atom stereocenters. The Bertz CT molecular complexity index is 989. The molecule has 118 valence electrons. The molecule has 1 heterocycles. The van der Waals surface area contributed by atoms with Crippen LogP contribution in [0, 0.1) is 0 Å². The Labute approximate surface area is 149 Å². The molecule has 0 unspecified atom stereocenters. The Morgan fingerprint density at radius 3 is 2.42 bits per heavy atom. The summed E-state index contributed by atoms with van der Waals surface area (Å²) >= 11 is 3.57. The lowest BCUT2D eigenvalue weighted by Crippen LogP contribution is -2.08. The third-order valence-corrected chi connectivity index (χ3v) is 4.84. The van der Waals surface area contributed by atoms with Crippen LogP contribution in [0.2, 0.25) is 0 Å². The Morgan fingerprint density at radius 1 is 0.875 bits per heavy atom. The summed E-state index contributed by atoms with van der Waals surface area (Å²) in [5.74, 6) is 0.994. The standard InChI is InChI=1S/C21H17BrN2/c1-15(16-8-3-2-4-9-16)24-20-13-6-5-12-19(20)23-21(24)17-10-7-11-18(22)14-17/h2-15H,1H3/t15-/m0/s1. The van der Waals surface area contributed by atoms with Crippen molar-refractivity contribution < 1.29 is 0 Å². The van der Waals surface area contributed by atoms with Crippen molar-refractivity contribution in [2.45, 2.75) is 13.0 Å². The van der Waals surface area contributed by atoms with Gasteiger partial charge in [0.25, 0.3) is 0 Å². The third kappa shape index (κ3) is 2.65. The zero-order chi connectivity index (χ0) is 16.5. The first-order valence-corrected chi connectivity index (χ1v) is 8.81. The first kappa shape index (κ1) is 15.2. The minimum absolute atomic E-state index is 0.201. The maximum Gasteiger partial charge on any atom is 0.141 e. The molecule has 1 aromatic heterocycles. The lowest BCUT2D eigenvalue weighted by atomic mass is 10.1. The van der Waals surface area contributed by atoms with Crippen molar-refractivity contribution in [2.24, 2.45) is 0 Å². The van der Waals surface area contributed by atoms with E-state index >= 15 is 0 Å². The molecule has 0 spiro atoms. The highest BCUT2D eigenvalue weighted by Crippen LogP contribution is 2.32. The fraction of sp³-hybridized carbons (Fsp3) is 0.0952. The van der Waals surface area contributed by atoms with E-state index in [0.29, 0.717) is 0 Å². The first-order valence-electron chi connectivity index (χ1n) is 8.02. The van der Waals surface area contributed by atoms with E-state index in [2.05, 4.69) is 94.2 Å². The Balaban J connectivity index is 1.97. The largest absolute Gasteiger partial charge is 0.317 e. The average molecular weight is 377 g/mol. The van der Waals surface area contributed by atoms with Gasteiger partial charge in [0.2, 0.25) is 0 Å². The first-order chi connectivity index (χ1) is 11.7. The fourth-order valence-electron chi connectivity index (χ4n) is 3.15. The summed E-state index contributed by atoms with van der Waals surface area (Å²) in [6, 6.07) is 27.4. The summed E-state index contributed by atoms with van der Waals surface area (Å²) in [6.45, 7) is 2.23. The molecule has 0 fully saturated rings. The minimum atomic E-state index is 0.201. The third-order valence-electron chi connectivity index (χ3n) is 4.35. The highest BCUT2D eigenvalue weighted by atomic mass is 79.9. The summed E-state index contributed by atoms with van der Waals surface area (Å²) in [7, 11) is 0. The highest BCUT2D eigenvalue weighted by molar-refractivity contribution is 9.10. The summed E-state index contributed by atoms with van der Waals surface area (Å²) in [5, 5.41) is 0. The van der Waals surface area contributed by atoms with E-state index in [4.69, 9.17) is 4.98 Å². The van der Waals surface area contributed by atoms with E-state index in [1.165, 1.54) is 5.56 Å². The minimum Gasteiger partial charge on any atom is -0.317 e. The number of hydrogen-bond acceptors (Lipinski definition) is 1. The van der Waals surface area contributed by atoms with Crippen molar-refractivity contribution in [1.82, 2.24) is 9.55 Å². The van der Waals surface area contributed by atoms with Crippen LogP contribution in [0.1, 0.15) is 18.5 Å². The predicted octanol–water partition coefficient (Wildman–Crippen LogP) is 6.08. The second-order valence-electron chi connectivity index (χ2n) is 5.89. The van der Waals surface area contributed by atoms with Gasteiger partial charge in [-0.05, 0) is 36.8 Å². The summed E-state index contributed by atoms with van der Waals surface area (Å²) < 4.78 is 3.39. The molecule has 0 aliphatic heterocycles. The van der Waals surface area contributed by atoms with E-state index in [0.717, 1.165) is 26.9 Å². The molecule has 24 heavy (non-hydrogen) atoms. The maximum absolute atomic E-state index is 4.91. The number of rotatable bonds is 3. The van der Waals surface area contributed by atoms with E-state index in [1.807, 2.05) is 12.1 Å². The molecular formula is C21H17BrN2. The van der Waals surface area contributed by atoms with E-state index in [1.54, 1.807) is 0 Å². The SMILES string of the molecule is C[C@@H](c1ccccc1)n1c(-c2cccc(Br)c2)nc2ccccc21. The number of imidazole rings is 1.